The molecule has 4 heteroatoms. The van der Waals surface area contributed by atoms with Gasteiger partial charge < -0.3 is 13.6 Å². The Kier molecular flexibility index (Phi) is 16.1. The van der Waals surface area contributed by atoms with Gasteiger partial charge in [-0.3, -0.25) is 0 Å². The lowest BCUT2D eigenvalue weighted by molar-refractivity contribution is 0.0275. The summed E-state index contributed by atoms with van der Waals surface area (Å²) in [7, 11) is -1.07. The van der Waals surface area contributed by atoms with Gasteiger partial charge in [-0.1, -0.05) is 117 Å². The van der Waals surface area contributed by atoms with Gasteiger partial charge in [0.25, 0.3) is 0 Å². The van der Waals surface area contributed by atoms with Crippen molar-refractivity contribution in [1.82, 2.24) is 0 Å². The second kappa shape index (κ2) is 17.2. The van der Waals surface area contributed by atoms with Crippen LogP contribution >= 0.6 is 8.60 Å². The van der Waals surface area contributed by atoms with E-state index >= 15 is 0 Å². The Labute approximate surface area is 171 Å². The third kappa shape index (κ3) is 15.9. The quantitative estimate of drug-likeness (QED) is 0.170. The van der Waals surface area contributed by atoms with E-state index in [1.165, 1.54) is 96.3 Å². The molecule has 3 nitrogen and oxygen atoms in total. The van der Waals surface area contributed by atoms with Crippen LogP contribution < -0.4 is 0 Å². The van der Waals surface area contributed by atoms with Crippen molar-refractivity contribution in [3.8, 4) is 0 Å². The van der Waals surface area contributed by atoms with E-state index in [2.05, 4.69) is 20.8 Å². The van der Waals surface area contributed by atoms with Gasteiger partial charge in [0.05, 0.1) is 19.8 Å². The predicted molar refractivity (Wildman–Crippen MR) is 118 cm³/mol. The highest BCUT2D eigenvalue weighted by molar-refractivity contribution is 7.41. The van der Waals surface area contributed by atoms with Crippen molar-refractivity contribution in [1.29, 1.82) is 0 Å². The summed E-state index contributed by atoms with van der Waals surface area (Å²) in [5, 5.41) is 0. The van der Waals surface area contributed by atoms with E-state index < -0.39 is 8.60 Å². The number of hydrogen-bond donors (Lipinski definition) is 0. The van der Waals surface area contributed by atoms with E-state index in [1.807, 2.05) is 0 Å². The normalized spacial score (nSPS) is 17.4. The topological polar surface area (TPSA) is 27.7 Å². The van der Waals surface area contributed by atoms with E-state index in [-0.39, 0.29) is 5.41 Å². The Morgan fingerprint density at radius 1 is 0.630 bits per heavy atom. The minimum atomic E-state index is -1.07. The first-order valence-corrected chi connectivity index (χ1v) is 12.9. The van der Waals surface area contributed by atoms with Crippen LogP contribution in [-0.2, 0) is 13.6 Å². The fourth-order valence-corrected chi connectivity index (χ4v) is 4.81. The first-order chi connectivity index (χ1) is 13.1. The molecule has 1 fully saturated rings. The van der Waals surface area contributed by atoms with Gasteiger partial charge in [0.15, 0.2) is 0 Å². The summed E-state index contributed by atoms with van der Waals surface area (Å²) in [6.07, 6.45) is 22.4. The molecule has 1 saturated heterocycles. The Balaban J connectivity index is 1.70. The van der Waals surface area contributed by atoms with E-state index in [9.17, 15) is 0 Å². The summed E-state index contributed by atoms with van der Waals surface area (Å²) in [6, 6.07) is 0. The molecule has 0 aromatic carbocycles. The fourth-order valence-electron chi connectivity index (χ4n) is 3.40. The van der Waals surface area contributed by atoms with Crippen molar-refractivity contribution >= 4 is 8.60 Å². The molecule has 0 saturated carbocycles. The second-order valence-corrected chi connectivity index (χ2v) is 10.3. The van der Waals surface area contributed by atoms with E-state index in [0.29, 0.717) is 0 Å². The van der Waals surface area contributed by atoms with Crippen LogP contribution in [0.2, 0.25) is 0 Å². The van der Waals surface area contributed by atoms with Crippen molar-refractivity contribution < 1.29 is 13.6 Å². The molecule has 0 radical (unpaired) electrons. The van der Waals surface area contributed by atoms with Crippen LogP contribution in [-0.4, -0.2) is 19.8 Å². The molecular weight excluding hydrogens is 355 g/mol. The van der Waals surface area contributed by atoms with Crippen molar-refractivity contribution in [3.05, 3.63) is 0 Å². The van der Waals surface area contributed by atoms with Crippen LogP contribution in [0.5, 0.6) is 0 Å². The summed E-state index contributed by atoms with van der Waals surface area (Å²) in [5.41, 5.74) is 0.135. The summed E-state index contributed by atoms with van der Waals surface area (Å²) in [6.45, 7) is 8.89. The Hall–Kier alpha value is 0.310. The molecular formula is C23H47O3P. The molecule has 0 spiro atoms. The maximum absolute atomic E-state index is 5.72. The van der Waals surface area contributed by atoms with E-state index in [4.69, 9.17) is 13.6 Å². The van der Waals surface area contributed by atoms with Gasteiger partial charge in [-0.2, -0.15) is 0 Å². The van der Waals surface area contributed by atoms with E-state index in [0.717, 1.165) is 26.2 Å². The van der Waals surface area contributed by atoms with Gasteiger partial charge in [0, 0.05) is 5.41 Å². The first kappa shape index (κ1) is 25.3. The summed E-state index contributed by atoms with van der Waals surface area (Å²) in [5.74, 6) is 0. The zero-order valence-electron chi connectivity index (χ0n) is 18.6. The van der Waals surface area contributed by atoms with Gasteiger partial charge in [-0.05, 0) is 6.42 Å². The molecule has 0 amide bonds. The van der Waals surface area contributed by atoms with Crippen LogP contribution in [0, 0.1) is 5.41 Å². The fraction of sp³-hybridized carbons (Fsp3) is 1.00. The number of rotatable bonds is 18. The number of hydrogen-bond acceptors (Lipinski definition) is 3. The molecule has 0 unspecified atom stereocenters. The standard InChI is InChI=1S/C23H47O3P/c1-4-5-6-7-8-9-10-11-12-13-14-15-16-17-18-19-20-24-27-25-21-23(2,3)22-26-27/h4-22H2,1-3H3. The third-order valence-corrected chi connectivity index (χ3v) is 6.39. The zero-order valence-corrected chi connectivity index (χ0v) is 19.5. The molecule has 0 aromatic rings. The lowest BCUT2D eigenvalue weighted by atomic mass is 9.97. The smallest absolute Gasteiger partial charge is 0.312 e. The lowest BCUT2D eigenvalue weighted by Crippen LogP contribution is -2.28. The lowest BCUT2D eigenvalue weighted by Gasteiger charge is -2.32. The van der Waals surface area contributed by atoms with Crippen LogP contribution in [0.15, 0.2) is 0 Å². The van der Waals surface area contributed by atoms with E-state index in [1.54, 1.807) is 0 Å². The molecule has 0 aromatic heterocycles. The molecule has 1 heterocycles. The Morgan fingerprint density at radius 3 is 1.41 bits per heavy atom. The van der Waals surface area contributed by atoms with Crippen molar-refractivity contribution in [2.24, 2.45) is 5.41 Å². The van der Waals surface area contributed by atoms with Crippen molar-refractivity contribution in [2.75, 3.05) is 19.8 Å². The SMILES string of the molecule is CCCCCCCCCCCCCCCCCCOP1OCC(C)(C)CO1. The molecule has 1 rings (SSSR count). The van der Waals surface area contributed by atoms with Crippen LogP contribution in [0.3, 0.4) is 0 Å². The van der Waals surface area contributed by atoms with Gasteiger partial charge >= 0.3 is 8.60 Å². The van der Waals surface area contributed by atoms with Gasteiger partial charge in [-0.15, -0.1) is 0 Å². The van der Waals surface area contributed by atoms with Crippen molar-refractivity contribution in [3.63, 3.8) is 0 Å². The Bertz CT molecular complexity index is 313. The van der Waals surface area contributed by atoms with Crippen molar-refractivity contribution in [2.45, 2.75) is 124 Å². The second-order valence-electron chi connectivity index (χ2n) is 9.07. The summed E-state index contributed by atoms with van der Waals surface area (Å²) in [4.78, 5) is 0. The minimum absolute atomic E-state index is 0.135. The highest BCUT2D eigenvalue weighted by atomic mass is 31.2. The molecule has 1 aliphatic rings. The number of unbranched alkanes of at least 4 members (excludes halogenated alkanes) is 15. The Morgan fingerprint density at radius 2 is 1.00 bits per heavy atom. The highest BCUT2D eigenvalue weighted by Gasteiger charge is 2.29. The molecule has 0 N–H and O–H groups in total. The molecule has 0 bridgehead atoms. The van der Waals surface area contributed by atoms with Crippen LogP contribution in [0.25, 0.3) is 0 Å². The van der Waals surface area contributed by atoms with Crippen LogP contribution in [0.4, 0.5) is 0 Å². The maximum atomic E-state index is 5.72. The molecule has 0 atom stereocenters. The summed E-state index contributed by atoms with van der Waals surface area (Å²) < 4.78 is 17.0. The molecule has 0 aliphatic carbocycles. The van der Waals surface area contributed by atoms with Gasteiger partial charge in [0.2, 0.25) is 0 Å². The highest BCUT2D eigenvalue weighted by Crippen LogP contribution is 2.46. The minimum Gasteiger partial charge on any atom is -0.312 e. The van der Waals surface area contributed by atoms with Gasteiger partial charge in [-0.25, -0.2) is 0 Å². The molecule has 1 aliphatic heterocycles. The molecule has 27 heavy (non-hydrogen) atoms. The first-order valence-electron chi connectivity index (χ1n) is 11.8. The third-order valence-electron chi connectivity index (χ3n) is 5.32. The average molecular weight is 403 g/mol. The largest absolute Gasteiger partial charge is 0.332 e. The van der Waals surface area contributed by atoms with Gasteiger partial charge in [0.1, 0.15) is 0 Å². The average Bonchev–Trinajstić information content (AvgIpc) is 2.65. The predicted octanol–water partition coefficient (Wildman–Crippen LogP) is 8.56. The summed E-state index contributed by atoms with van der Waals surface area (Å²) >= 11 is 0. The molecule has 162 valence electrons. The zero-order chi connectivity index (χ0) is 19.6. The maximum Gasteiger partial charge on any atom is 0.332 e. The van der Waals surface area contributed by atoms with Crippen LogP contribution in [0.1, 0.15) is 124 Å². The monoisotopic (exact) mass is 402 g/mol.